The Bertz CT molecular complexity index is 614. The van der Waals surface area contributed by atoms with E-state index < -0.39 is 0 Å². The molecule has 1 N–H and O–H groups in total. The summed E-state index contributed by atoms with van der Waals surface area (Å²) >= 11 is 5.32. The molecule has 0 atom stereocenters. The summed E-state index contributed by atoms with van der Waals surface area (Å²) in [6.07, 6.45) is 1.91. The van der Waals surface area contributed by atoms with Gasteiger partial charge in [0.2, 0.25) is 0 Å². The fourth-order valence-electron chi connectivity index (χ4n) is 1.98. The zero-order valence-electron chi connectivity index (χ0n) is 11.1. The number of aromatic amines is 1. The van der Waals surface area contributed by atoms with Crippen molar-refractivity contribution in [1.82, 2.24) is 9.97 Å². The zero-order chi connectivity index (χ0) is 13.1. The second-order valence-corrected chi connectivity index (χ2v) is 4.78. The number of nitrogens with zero attached hydrogens (tertiary/aromatic N) is 1. The van der Waals surface area contributed by atoms with Crippen LogP contribution in [-0.4, -0.2) is 9.97 Å². The molecule has 0 aliphatic carbocycles. The second-order valence-electron chi connectivity index (χ2n) is 4.40. The molecule has 1 aromatic heterocycles. The molecule has 3 heteroatoms. The minimum Gasteiger partial charge on any atom is -0.343 e. The molecule has 0 amide bonds. The molecule has 2 rings (SSSR count). The molecule has 0 unspecified atom stereocenters. The summed E-state index contributed by atoms with van der Waals surface area (Å²) in [4.78, 5) is 7.77. The average molecular weight is 258 g/mol. The van der Waals surface area contributed by atoms with Crippen LogP contribution in [0.3, 0.4) is 0 Å². The van der Waals surface area contributed by atoms with Crippen LogP contribution in [0.1, 0.15) is 30.8 Å². The third-order valence-electron chi connectivity index (χ3n) is 3.16. The van der Waals surface area contributed by atoms with Gasteiger partial charge in [0.1, 0.15) is 10.5 Å². The molecule has 0 spiro atoms. The van der Waals surface area contributed by atoms with Crippen LogP contribution in [0.15, 0.2) is 24.3 Å². The molecule has 1 aromatic carbocycles. The van der Waals surface area contributed by atoms with Gasteiger partial charge in [-0.05, 0) is 30.5 Å². The van der Waals surface area contributed by atoms with E-state index in [0.717, 1.165) is 29.9 Å². The number of rotatable bonds is 3. The molecule has 0 bridgehead atoms. The first-order valence-electron chi connectivity index (χ1n) is 6.34. The van der Waals surface area contributed by atoms with Gasteiger partial charge in [-0.1, -0.05) is 44.3 Å². The van der Waals surface area contributed by atoms with E-state index in [1.807, 2.05) is 6.92 Å². The number of H-pyrrole nitrogens is 1. The number of hydrogen-bond acceptors (Lipinski definition) is 2. The first kappa shape index (κ1) is 13.0. The number of nitrogens with one attached hydrogen (secondary N) is 1. The van der Waals surface area contributed by atoms with E-state index in [1.165, 1.54) is 11.1 Å². The summed E-state index contributed by atoms with van der Waals surface area (Å²) in [5.74, 6) is 0.947. The molecular formula is C15H18N2S. The fraction of sp³-hybridized carbons (Fsp3) is 0.333. The Morgan fingerprint density at radius 1 is 1.22 bits per heavy atom. The van der Waals surface area contributed by atoms with Crippen molar-refractivity contribution in [3.63, 3.8) is 0 Å². The van der Waals surface area contributed by atoms with E-state index in [-0.39, 0.29) is 0 Å². The molecule has 94 valence electrons. The predicted molar refractivity (Wildman–Crippen MR) is 78.4 cm³/mol. The van der Waals surface area contributed by atoms with Gasteiger partial charge in [0, 0.05) is 12.0 Å². The highest BCUT2D eigenvalue weighted by atomic mass is 32.1. The topological polar surface area (TPSA) is 28.7 Å². The standard InChI is InChI=1S/C15H18N2S/c1-4-11-7-6-8-12(9-11)14-10(3)15(18)17-13(5-2)16-14/h6-9H,4-5H2,1-3H3,(H,16,17,18). The first-order valence-corrected chi connectivity index (χ1v) is 6.75. The number of benzene rings is 1. The van der Waals surface area contributed by atoms with Gasteiger partial charge in [0.25, 0.3) is 0 Å². The van der Waals surface area contributed by atoms with E-state index in [1.54, 1.807) is 0 Å². The van der Waals surface area contributed by atoms with Crippen molar-refractivity contribution in [3.05, 3.63) is 45.9 Å². The van der Waals surface area contributed by atoms with Crippen LogP contribution in [0.4, 0.5) is 0 Å². The van der Waals surface area contributed by atoms with Crippen molar-refractivity contribution in [1.29, 1.82) is 0 Å². The number of aromatic nitrogens is 2. The Balaban J connectivity index is 2.62. The first-order chi connectivity index (χ1) is 8.65. The lowest BCUT2D eigenvalue weighted by Gasteiger charge is -2.10. The Labute approximate surface area is 113 Å². The quantitative estimate of drug-likeness (QED) is 0.834. The van der Waals surface area contributed by atoms with Crippen molar-refractivity contribution >= 4 is 12.2 Å². The summed E-state index contributed by atoms with van der Waals surface area (Å²) in [6, 6.07) is 8.57. The molecule has 18 heavy (non-hydrogen) atoms. The molecule has 0 radical (unpaired) electrons. The van der Waals surface area contributed by atoms with Crippen LogP contribution < -0.4 is 0 Å². The highest BCUT2D eigenvalue weighted by Crippen LogP contribution is 2.23. The largest absolute Gasteiger partial charge is 0.343 e. The zero-order valence-corrected chi connectivity index (χ0v) is 11.9. The molecule has 2 nitrogen and oxygen atoms in total. The third-order valence-corrected chi connectivity index (χ3v) is 3.56. The van der Waals surface area contributed by atoms with Crippen molar-refractivity contribution in [2.45, 2.75) is 33.6 Å². The van der Waals surface area contributed by atoms with Crippen LogP contribution in [-0.2, 0) is 12.8 Å². The maximum Gasteiger partial charge on any atom is 0.133 e. The van der Waals surface area contributed by atoms with E-state index in [4.69, 9.17) is 12.2 Å². The molecule has 0 saturated heterocycles. The van der Waals surface area contributed by atoms with E-state index in [9.17, 15) is 0 Å². The molecule has 0 aliphatic rings. The molecular weight excluding hydrogens is 240 g/mol. The maximum atomic E-state index is 5.32. The highest BCUT2D eigenvalue weighted by molar-refractivity contribution is 7.71. The van der Waals surface area contributed by atoms with Crippen molar-refractivity contribution in [2.75, 3.05) is 0 Å². The Morgan fingerprint density at radius 2 is 2.00 bits per heavy atom. The summed E-state index contributed by atoms with van der Waals surface area (Å²) in [5.41, 5.74) is 4.67. The molecule has 0 fully saturated rings. The van der Waals surface area contributed by atoms with Gasteiger partial charge in [-0.15, -0.1) is 0 Å². The van der Waals surface area contributed by atoms with Crippen LogP contribution in [0.5, 0.6) is 0 Å². The third kappa shape index (κ3) is 2.51. The van der Waals surface area contributed by atoms with Gasteiger partial charge in [0.05, 0.1) is 5.69 Å². The second kappa shape index (κ2) is 5.44. The van der Waals surface area contributed by atoms with E-state index in [0.29, 0.717) is 4.64 Å². The predicted octanol–water partition coefficient (Wildman–Crippen LogP) is 4.24. The smallest absolute Gasteiger partial charge is 0.133 e. The van der Waals surface area contributed by atoms with Crippen molar-refractivity contribution in [3.8, 4) is 11.3 Å². The Hall–Kier alpha value is -1.48. The summed E-state index contributed by atoms with van der Waals surface area (Å²) in [7, 11) is 0. The Morgan fingerprint density at radius 3 is 2.67 bits per heavy atom. The lowest BCUT2D eigenvalue weighted by molar-refractivity contribution is 0.926. The van der Waals surface area contributed by atoms with Crippen molar-refractivity contribution < 1.29 is 0 Å². The highest BCUT2D eigenvalue weighted by Gasteiger charge is 2.07. The van der Waals surface area contributed by atoms with Crippen LogP contribution >= 0.6 is 12.2 Å². The van der Waals surface area contributed by atoms with Crippen LogP contribution in [0.25, 0.3) is 11.3 Å². The SMILES string of the molecule is CCc1cccc(-c2[nH]c(CC)nc(=S)c2C)c1. The number of aryl methyl sites for hydroxylation is 2. The van der Waals surface area contributed by atoms with Gasteiger partial charge in [-0.25, -0.2) is 4.98 Å². The van der Waals surface area contributed by atoms with Gasteiger partial charge < -0.3 is 4.98 Å². The monoisotopic (exact) mass is 258 g/mol. The lowest BCUT2D eigenvalue weighted by Crippen LogP contribution is -1.99. The minimum atomic E-state index is 0.697. The van der Waals surface area contributed by atoms with Crippen LogP contribution in [0.2, 0.25) is 0 Å². The van der Waals surface area contributed by atoms with Gasteiger partial charge in [-0.2, -0.15) is 0 Å². The molecule has 2 aromatic rings. The van der Waals surface area contributed by atoms with Crippen LogP contribution in [0, 0.1) is 11.6 Å². The van der Waals surface area contributed by atoms with Gasteiger partial charge in [0.15, 0.2) is 0 Å². The average Bonchev–Trinajstić information content (AvgIpc) is 2.41. The molecule has 0 saturated carbocycles. The lowest BCUT2D eigenvalue weighted by atomic mass is 10.0. The Kier molecular flexibility index (Phi) is 3.92. The summed E-state index contributed by atoms with van der Waals surface area (Å²) in [6.45, 7) is 6.27. The summed E-state index contributed by atoms with van der Waals surface area (Å²) in [5, 5.41) is 0. The summed E-state index contributed by atoms with van der Waals surface area (Å²) < 4.78 is 0.697. The fourth-order valence-corrected chi connectivity index (χ4v) is 2.19. The van der Waals surface area contributed by atoms with Gasteiger partial charge in [-0.3, -0.25) is 0 Å². The number of hydrogen-bond donors (Lipinski definition) is 1. The van der Waals surface area contributed by atoms with Gasteiger partial charge >= 0.3 is 0 Å². The molecule has 0 aliphatic heterocycles. The molecule has 1 heterocycles. The van der Waals surface area contributed by atoms with E-state index in [2.05, 4.69) is 48.1 Å². The maximum absolute atomic E-state index is 5.32. The van der Waals surface area contributed by atoms with Crippen molar-refractivity contribution in [2.24, 2.45) is 0 Å². The van der Waals surface area contributed by atoms with E-state index >= 15 is 0 Å². The normalized spacial score (nSPS) is 10.6. The minimum absolute atomic E-state index is 0.697.